The number of rotatable bonds is 4. The Kier molecular flexibility index (Phi) is 5.84. The highest BCUT2D eigenvalue weighted by atomic mass is 127. The Hall–Kier alpha value is -1.31. The molecule has 1 aromatic rings. The molecule has 0 heterocycles. The third-order valence-corrected chi connectivity index (χ3v) is 4.46. The van der Waals surface area contributed by atoms with Gasteiger partial charge in [0, 0.05) is 5.92 Å². The maximum absolute atomic E-state index is 11.9. The van der Waals surface area contributed by atoms with Gasteiger partial charge in [0.2, 0.25) is 5.91 Å². The van der Waals surface area contributed by atoms with Crippen molar-refractivity contribution in [1.29, 1.82) is 0 Å². The Balaban J connectivity index is 1.97. The normalized spacial score (nSPS) is 16.1. The maximum Gasteiger partial charge on any atom is 0.243 e. The van der Waals surface area contributed by atoms with Crippen LogP contribution in [0.4, 0.5) is 0 Å². The van der Waals surface area contributed by atoms with Gasteiger partial charge in [-0.2, -0.15) is 5.10 Å². The van der Waals surface area contributed by atoms with E-state index in [9.17, 15) is 9.90 Å². The summed E-state index contributed by atoms with van der Waals surface area (Å²) in [5, 5.41) is 13.8. The minimum Gasteiger partial charge on any atom is -0.504 e. The molecule has 0 radical (unpaired) electrons. The van der Waals surface area contributed by atoms with Gasteiger partial charge in [-0.05, 0) is 53.1 Å². The average molecular weight is 402 g/mol. The number of hydrogen-bond acceptors (Lipinski definition) is 4. The number of hydrogen-bond donors (Lipinski definition) is 2. The number of ether oxygens (including phenoxy) is 1. The zero-order chi connectivity index (χ0) is 15.2. The highest BCUT2D eigenvalue weighted by Gasteiger charge is 2.20. The lowest BCUT2D eigenvalue weighted by Crippen LogP contribution is -2.28. The molecule has 1 aliphatic rings. The van der Waals surface area contributed by atoms with Crippen molar-refractivity contribution in [2.45, 2.75) is 32.1 Å². The van der Waals surface area contributed by atoms with Crippen molar-refractivity contribution in [3.63, 3.8) is 0 Å². The summed E-state index contributed by atoms with van der Waals surface area (Å²) in [6, 6.07) is 3.45. The van der Waals surface area contributed by atoms with E-state index in [1.165, 1.54) is 13.5 Å². The number of amides is 1. The smallest absolute Gasteiger partial charge is 0.243 e. The van der Waals surface area contributed by atoms with Gasteiger partial charge in [-0.1, -0.05) is 19.3 Å². The molecule has 114 valence electrons. The molecule has 1 aromatic carbocycles. The van der Waals surface area contributed by atoms with Crippen molar-refractivity contribution in [3.8, 4) is 11.5 Å². The summed E-state index contributed by atoms with van der Waals surface area (Å²) in [6.45, 7) is 0. The van der Waals surface area contributed by atoms with E-state index in [1.807, 2.05) is 22.6 Å². The number of hydrazone groups is 1. The molecule has 1 fully saturated rings. The van der Waals surface area contributed by atoms with E-state index >= 15 is 0 Å². The Bertz CT molecular complexity index is 540. The molecule has 0 aliphatic heterocycles. The monoisotopic (exact) mass is 402 g/mol. The predicted octanol–water partition coefficient (Wildman–Crippen LogP) is 3.04. The second-order valence-electron chi connectivity index (χ2n) is 5.12. The number of methoxy groups -OCH3 is 1. The number of phenolic OH excluding ortho intramolecular Hbond substituents is 1. The van der Waals surface area contributed by atoms with E-state index in [0.29, 0.717) is 9.32 Å². The zero-order valence-electron chi connectivity index (χ0n) is 11.9. The lowest BCUT2D eigenvalue weighted by atomic mass is 9.89. The topological polar surface area (TPSA) is 70.9 Å². The number of phenols is 1. The fourth-order valence-electron chi connectivity index (χ4n) is 2.45. The Labute approximate surface area is 137 Å². The van der Waals surface area contributed by atoms with Crippen molar-refractivity contribution in [1.82, 2.24) is 5.43 Å². The summed E-state index contributed by atoms with van der Waals surface area (Å²) in [5.74, 6) is 0.584. The Morgan fingerprint density at radius 1 is 1.43 bits per heavy atom. The third-order valence-electron chi connectivity index (χ3n) is 3.64. The fourth-order valence-corrected chi connectivity index (χ4v) is 3.08. The van der Waals surface area contributed by atoms with Gasteiger partial charge < -0.3 is 9.84 Å². The van der Waals surface area contributed by atoms with Gasteiger partial charge in [-0.3, -0.25) is 4.79 Å². The van der Waals surface area contributed by atoms with Gasteiger partial charge in [0.15, 0.2) is 11.5 Å². The van der Waals surface area contributed by atoms with Crippen LogP contribution in [0.15, 0.2) is 17.2 Å². The van der Waals surface area contributed by atoms with Gasteiger partial charge >= 0.3 is 0 Å². The van der Waals surface area contributed by atoms with Gasteiger partial charge in [0.25, 0.3) is 0 Å². The first-order valence-electron chi connectivity index (χ1n) is 7.01. The molecule has 2 rings (SSSR count). The number of halogens is 1. The molecule has 5 nitrogen and oxygen atoms in total. The maximum atomic E-state index is 11.9. The van der Waals surface area contributed by atoms with Gasteiger partial charge in [0.1, 0.15) is 0 Å². The highest BCUT2D eigenvalue weighted by Crippen LogP contribution is 2.31. The molecule has 1 amide bonds. The molecular formula is C15H19IN2O3. The standard InChI is InChI=1S/C15H19IN2O3/c1-21-13-8-10(7-12(16)14(13)19)9-17-18-15(20)11-5-3-2-4-6-11/h7-9,11,19H,2-6H2,1H3,(H,18,20)/b17-9+. The summed E-state index contributed by atoms with van der Waals surface area (Å²) in [7, 11) is 1.50. The van der Waals surface area contributed by atoms with Gasteiger partial charge in [0.05, 0.1) is 16.9 Å². The molecule has 0 spiro atoms. The van der Waals surface area contributed by atoms with Crippen molar-refractivity contribution in [2.75, 3.05) is 7.11 Å². The molecule has 0 aromatic heterocycles. The van der Waals surface area contributed by atoms with Crippen molar-refractivity contribution in [3.05, 3.63) is 21.3 Å². The molecule has 0 saturated heterocycles. The van der Waals surface area contributed by atoms with Gasteiger partial charge in [-0.25, -0.2) is 5.43 Å². The van der Waals surface area contributed by atoms with E-state index in [2.05, 4.69) is 10.5 Å². The van der Waals surface area contributed by atoms with E-state index in [4.69, 9.17) is 4.74 Å². The average Bonchev–Trinajstić information content (AvgIpc) is 2.51. The molecule has 0 unspecified atom stereocenters. The van der Waals surface area contributed by atoms with Crippen molar-refractivity contribution in [2.24, 2.45) is 11.0 Å². The number of aromatic hydroxyl groups is 1. The minimum atomic E-state index is -0.00797. The zero-order valence-corrected chi connectivity index (χ0v) is 14.1. The molecule has 0 atom stereocenters. The van der Waals surface area contributed by atoms with E-state index in [1.54, 1.807) is 18.3 Å². The van der Waals surface area contributed by atoms with Crippen molar-refractivity contribution < 1.29 is 14.6 Å². The molecule has 2 N–H and O–H groups in total. The molecule has 1 aliphatic carbocycles. The Morgan fingerprint density at radius 3 is 2.81 bits per heavy atom. The number of benzene rings is 1. The molecule has 21 heavy (non-hydrogen) atoms. The Morgan fingerprint density at radius 2 is 2.14 bits per heavy atom. The second-order valence-corrected chi connectivity index (χ2v) is 6.28. The van der Waals surface area contributed by atoms with E-state index in [0.717, 1.165) is 31.2 Å². The number of carbonyl (C=O) groups is 1. The van der Waals surface area contributed by atoms with Gasteiger partial charge in [-0.15, -0.1) is 0 Å². The molecular weight excluding hydrogens is 383 g/mol. The largest absolute Gasteiger partial charge is 0.504 e. The first kappa shape index (κ1) is 16.1. The fraction of sp³-hybridized carbons (Fsp3) is 0.467. The number of nitrogens with zero attached hydrogens (tertiary/aromatic N) is 1. The lowest BCUT2D eigenvalue weighted by Gasteiger charge is -2.19. The van der Waals surface area contributed by atoms with Crippen LogP contribution in [0, 0.1) is 9.49 Å². The van der Waals surface area contributed by atoms with E-state index < -0.39 is 0 Å². The van der Waals surface area contributed by atoms with Crippen LogP contribution in [-0.4, -0.2) is 24.3 Å². The van der Waals surface area contributed by atoms with Crippen LogP contribution in [0.5, 0.6) is 11.5 Å². The highest BCUT2D eigenvalue weighted by molar-refractivity contribution is 14.1. The first-order chi connectivity index (χ1) is 10.1. The number of nitrogens with one attached hydrogen (secondary N) is 1. The van der Waals surface area contributed by atoms with Crippen LogP contribution in [0.2, 0.25) is 0 Å². The quantitative estimate of drug-likeness (QED) is 0.462. The third kappa shape index (κ3) is 4.33. The second kappa shape index (κ2) is 7.63. The summed E-state index contributed by atoms with van der Waals surface area (Å²) in [5.41, 5.74) is 3.36. The van der Waals surface area contributed by atoms with E-state index in [-0.39, 0.29) is 17.6 Å². The summed E-state index contributed by atoms with van der Waals surface area (Å²) < 4.78 is 5.76. The lowest BCUT2D eigenvalue weighted by molar-refractivity contribution is -0.125. The van der Waals surface area contributed by atoms with Crippen LogP contribution in [0.1, 0.15) is 37.7 Å². The molecule has 1 saturated carbocycles. The predicted molar refractivity (Wildman–Crippen MR) is 89.7 cm³/mol. The SMILES string of the molecule is COc1cc(/C=N/NC(=O)C2CCCCC2)cc(I)c1O. The van der Waals surface area contributed by atoms with Crippen LogP contribution in [-0.2, 0) is 4.79 Å². The molecule has 0 bridgehead atoms. The van der Waals surface area contributed by atoms with Crippen molar-refractivity contribution >= 4 is 34.7 Å². The number of carbonyl (C=O) groups excluding carboxylic acids is 1. The van der Waals surface area contributed by atoms with Crippen LogP contribution < -0.4 is 10.2 Å². The summed E-state index contributed by atoms with van der Waals surface area (Å²) in [4.78, 5) is 11.9. The van der Waals surface area contributed by atoms with Crippen LogP contribution in [0.25, 0.3) is 0 Å². The summed E-state index contributed by atoms with van der Waals surface area (Å²) in [6.07, 6.45) is 6.92. The summed E-state index contributed by atoms with van der Waals surface area (Å²) >= 11 is 2.02. The molecule has 6 heteroatoms. The van der Waals surface area contributed by atoms with Crippen LogP contribution in [0.3, 0.4) is 0 Å². The first-order valence-corrected chi connectivity index (χ1v) is 8.09. The van der Waals surface area contributed by atoms with Crippen LogP contribution >= 0.6 is 22.6 Å². The minimum absolute atomic E-state index is 0.00797.